The maximum Gasteiger partial charge on any atom is 0.257 e. The van der Waals surface area contributed by atoms with Crippen LogP contribution in [0.25, 0.3) is 0 Å². The quantitative estimate of drug-likeness (QED) is 0.732. The van der Waals surface area contributed by atoms with Gasteiger partial charge in [0.25, 0.3) is 5.91 Å². The van der Waals surface area contributed by atoms with E-state index in [1.54, 1.807) is 11.0 Å². The number of benzene rings is 1. The molecule has 2 amide bonds. The van der Waals surface area contributed by atoms with Crippen molar-refractivity contribution in [2.45, 2.75) is 32.7 Å². The number of furan rings is 1. The molecule has 7 nitrogen and oxygen atoms in total. The molecule has 0 unspecified atom stereocenters. The average Bonchev–Trinajstić information content (AvgIpc) is 3.37. The van der Waals surface area contributed by atoms with Gasteiger partial charge in [-0.1, -0.05) is 19.4 Å². The number of hydrogen-bond acceptors (Lipinski definition) is 5. The SMILES string of the molecule is CCCCN(CCC(=O)NCc1ccc2c(c1)OCO2)C(=O)c1ccoc1. The van der Waals surface area contributed by atoms with Crippen molar-refractivity contribution in [3.63, 3.8) is 0 Å². The second-order valence-electron chi connectivity index (χ2n) is 6.37. The molecular formula is C20H24N2O5. The van der Waals surface area contributed by atoms with Crippen LogP contribution in [0.5, 0.6) is 11.5 Å². The van der Waals surface area contributed by atoms with Crippen LogP contribution in [0.3, 0.4) is 0 Å². The molecule has 1 aliphatic heterocycles. The van der Waals surface area contributed by atoms with E-state index in [1.807, 2.05) is 18.2 Å². The van der Waals surface area contributed by atoms with Crippen LogP contribution in [0.4, 0.5) is 0 Å². The molecule has 3 rings (SSSR count). The third-order valence-corrected chi connectivity index (χ3v) is 4.37. The Morgan fingerprint density at radius 1 is 1.15 bits per heavy atom. The first-order chi connectivity index (χ1) is 13.2. The number of carbonyl (C=O) groups is 2. The molecule has 0 radical (unpaired) electrons. The monoisotopic (exact) mass is 372 g/mol. The highest BCUT2D eigenvalue weighted by atomic mass is 16.7. The third-order valence-electron chi connectivity index (χ3n) is 4.37. The summed E-state index contributed by atoms with van der Waals surface area (Å²) in [5.41, 5.74) is 1.44. The Balaban J connectivity index is 1.49. The van der Waals surface area contributed by atoms with E-state index in [1.165, 1.54) is 12.5 Å². The van der Waals surface area contributed by atoms with Gasteiger partial charge in [-0.15, -0.1) is 0 Å². The first-order valence-electron chi connectivity index (χ1n) is 9.14. The molecule has 2 heterocycles. The van der Waals surface area contributed by atoms with E-state index in [-0.39, 0.29) is 25.0 Å². The highest BCUT2D eigenvalue weighted by molar-refractivity contribution is 5.94. The number of nitrogens with one attached hydrogen (secondary N) is 1. The summed E-state index contributed by atoms with van der Waals surface area (Å²) in [6, 6.07) is 7.23. The molecule has 1 N–H and O–H groups in total. The molecule has 2 aromatic rings. The van der Waals surface area contributed by atoms with E-state index in [0.29, 0.717) is 30.9 Å². The van der Waals surface area contributed by atoms with Crippen LogP contribution in [0.15, 0.2) is 41.2 Å². The maximum atomic E-state index is 12.5. The minimum Gasteiger partial charge on any atom is -0.472 e. The van der Waals surface area contributed by atoms with Gasteiger partial charge in [-0.25, -0.2) is 0 Å². The lowest BCUT2D eigenvalue weighted by atomic mass is 10.2. The largest absolute Gasteiger partial charge is 0.472 e. The second-order valence-corrected chi connectivity index (χ2v) is 6.37. The minimum atomic E-state index is -0.110. The van der Waals surface area contributed by atoms with Gasteiger partial charge in [0, 0.05) is 26.1 Å². The molecule has 0 atom stereocenters. The van der Waals surface area contributed by atoms with Crippen molar-refractivity contribution in [2.75, 3.05) is 19.9 Å². The molecule has 27 heavy (non-hydrogen) atoms. The lowest BCUT2D eigenvalue weighted by Gasteiger charge is -2.21. The van der Waals surface area contributed by atoms with Crippen LogP contribution < -0.4 is 14.8 Å². The van der Waals surface area contributed by atoms with Gasteiger partial charge in [0.05, 0.1) is 11.8 Å². The van der Waals surface area contributed by atoms with Gasteiger partial charge in [-0.05, 0) is 30.2 Å². The van der Waals surface area contributed by atoms with E-state index in [0.717, 1.165) is 24.2 Å². The van der Waals surface area contributed by atoms with Crippen molar-refractivity contribution in [2.24, 2.45) is 0 Å². The summed E-state index contributed by atoms with van der Waals surface area (Å²) in [4.78, 5) is 26.4. The molecule has 0 bridgehead atoms. The van der Waals surface area contributed by atoms with Crippen molar-refractivity contribution >= 4 is 11.8 Å². The van der Waals surface area contributed by atoms with Crippen LogP contribution in [-0.4, -0.2) is 36.6 Å². The van der Waals surface area contributed by atoms with E-state index < -0.39 is 0 Å². The molecule has 0 saturated carbocycles. The normalized spacial score (nSPS) is 12.0. The zero-order chi connectivity index (χ0) is 19.1. The fourth-order valence-corrected chi connectivity index (χ4v) is 2.81. The number of carbonyl (C=O) groups excluding carboxylic acids is 2. The number of ether oxygens (including phenoxy) is 2. The molecule has 144 valence electrons. The molecule has 7 heteroatoms. The highest BCUT2D eigenvalue weighted by Gasteiger charge is 2.18. The number of unbranched alkanes of at least 4 members (excludes halogenated alkanes) is 1. The van der Waals surface area contributed by atoms with Gasteiger partial charge < -0.3 is 24.1 Å². The molecule has 0 spiro atoms. The number of fused-ring (bicyclic) bond motifs is 1. The Labute approximate surface area is 158 Å². The Morgan fingerprint density at radius 3 is 2.78 bits per heavy atom. The predicted octanol–water partition coefficient (Wildman–Crippen LogP) is 2.96. The van der Waals surface area contributed by atoms with Gasteiger partial charge in [-0.3, -0.25) is 9.59 Å². The number of amides is 2. The third kappa shape index (κ3) is 5.03. The molecule has 0 saturated heterocycles. The van der Waals surface area contributed by atoms with Crippen LogP contribution in [0.2, 0.25) is 0 Å². The second kappa shape index (κ2) is 9.12. The number of hydrogen-bond donors (Lipinski definition) is 1. The number of rotatable bonds is 9. The van der Waals surface area contributed by atoms with Gasteiger partial charge in [0.2, 0.25) is 12.7 Å². The summed E-state index contributed by atoms with van der Waals surface area (Å²) in [6.45, 7) is 3.69. The summed E-state index contributed by atoms with van der Waals surface area (Å²) >= 11 is 0. The topological polar surface area (TPSA) is 81.0 Å². The molecular weight excluding hydrogens is 348 g/mol. The van der Waals surface area contributed by atoms with E-state index in [4.69, 9.17) is 13.9 Å². The number of nitrogens with zero attached hydrogens (tertiary/aromatic N) is 1. The van der Waals surface area contributed by atoms with Crippen molar-refractivity contribution in [1.82, 2.24) is 10.2 Å². The Morgan fingerprint density at radius 2 is 2.00 bits per heavy atom. The Kier molecular flexibility index (Phi) is 6.35. The minimum absolute atomic E-state index is 0.103. The molecule has 0 fully saturated rings. The van der Waals surface area contributed by atoms with Crippen molar-refractivity contribution in [3.8, 4) is 11.5 Å². The van der Waals surface area contributed by atoms with Crippen LogP contribution in [-0.2, 0) is 11.3 Å². The first-order valence-corrected chi connectivity index (χ1v) is 9.14. The standard InChI is InChI=1S/C20H24N2O5/c1-2-3-8-22(20(24)16-7-10-25-13-16)9-6-19(23)21-12-15-4-5-17-18(11-15)27-14-26-17/h4-5,7,10-11,13H,2-3,6,8-9,12,14H2,1H3,(H,21,23). The van der Waals surface area contributed by atoms with Gasteiger partial charge in [-0.2, -0.15) is 0 Å². The molecule has 1 aromatic carbocycles. The van der Waals surface area contributed by atoms with Crippen molar-refractivity contribution in [3.05, 3.63) is 47.9 Å². The molecule has 1 aromatic heterocycles. The van der Waals surface area contributed by atoms with Crippen molar-refractivity contribution < 1.29 is 23.5 Å². The summed E-state index contributed by atoms with van der Waals surface area (Å²) < 4.78 is 15.6. The lowest BCUT2D eigenvalue weighted by Crippen LogP contribution is -2.35. The lowest BCUT2D eigenvalue weighted by molar-refractivity contribution is -0.121. The zero-order valence-electron chi connectivity index (χ0n) is 15.4. The Hall–Kier alpha value is -2.96. The summed E-state index contributed by atoms with van der Waals surface area (Å²) in [5, 5.41) is 2.88. The van der Waals surface area contributed by atoms with Gasteiger partial charge in [0.15, 0.2) is 11.5 Å². The summed E-state index contributed by atoms with van der Waals surface area (Å²) in [6.07, 6.45) is 5.02. The molecule has 0 aliphatic carbocycles. The maximum absolute atomic E-state index is 12.5. The Bertz CT molecular complexity index is 773. The zero-order valence-corrected chi connectivity index (χ0v) is 15.4. The fraction of sp³-hybridized carbons (Fsp3) is 0.400. The summed E-state index contributed by atoms with van der Waals surface area (Å²) in [5.74, 6) is 1.20. The van der Waals surface area contributed by atoms with Crippen molar-refractivity contribution in [1.29, 1.82) is 0 Å². The predicted molar refractivity (Wildman–Crippen MR) is 98.5 cm³/mol. The van der Waals surface area contributed by atoms with E-state index in [9.17, 15) is 9.59 Å². The van der Waals surface area contributed by atoms with Gasteiger partial charge >= 0.3 is 0 Å². The van der Waals surface area contributed by atoms with Crippen LogP contribution in [0.1, 0.15) is 42.1 Å². The fourth-order valence-electron chi connectivity index (χ4n) is 2.81. The first kappa shape index (κ1) is 18.8. The smallest absolute Gasteiger partial charge is 0.257 e. The van der Waals surface area contributed by atoms with Crippen LogP contribution in [0, 0.1) is 0 Å². The van der Waals surface area contributed by atoms with E-state index >= 15 is 0 Å². The van der Waals surface area contributed by atoms with E-state index in [2.05, 4.69) is 12.2 Å². The highest BCUT2D eigenvalue weighted by Crippen LogP contribution is 2.32. The van der Waals surface area contributed by atoms with Gasteiger partial charge in [0.1, 0.15) is 6.26 Å². The average molecular weight is 372 g/mol. The van der Waals surface area contributed by atoms with Crippen LogP contribution >= 0.6 is 0 Å². The molecule has 1 aliphatic rings. The summed E-state index contributed by atoms with van der Waals surface area (Å²) in [7, 11) is 0.